The van der Waals surface area contributed by atoms with Crippen LogP contribution in [-0.4, -0.2) is 5.11 Å². The van der Waals surface area contributed by atoms with Crippen LogP contribution in [-0.2, 0) is 6.42 Å². The Hall–Kier alpha value is -1.29. The molecule has 0 saturated carbocycles. The summed E-state index contributed by atoms with van der Waals surface area (Å²) in [6.07, 6.45) is 0.989. The number of thiocarbonyl (C=S) groups is 1. The molecule has 0 aliphatic carbocycles. The van der Waals surface area contributed by atoms with E-state index >= 15 is 0 Å². The minimum Gasteiger partial charge on any atom is -0.332 e. The lowest BCUT2D eigenvalue weighted by atomic mass is 10.1. The van der Waals surface area contributed by atoms with Crippen molar-refractivity contribution in [1.82, 2.24) is 0 Å². The number of aryl methyl sites for hydroxylation is 1. The van der Waals surface area contributed by atoms with Crippen LogP contribution in [0.4, 0.5) is 11.4 Å². The van der Waals surface area contributed by atoms with Crippen LogP contribution < -0.4 is 10.6 Å². The third-order valence-corrected chi connectivity index (χ3v) is 3.71. The number of rotatable bonds is 3. The van der Waals surface area contributed by atoms with Gasteiger partial charge in [-0.2, -0.15) is 0 Å². The third-order valence-electron chi connectivity index (χ3n) is 2.77. The Morgan fingerprint density at radius 3 is 2.35 bits per heavy atom. The molecule has 0 radical (unpaired) electrons. The van der Waals surface area contributed by atoms with Crippen molar-refractivity contribution in [2.24, 2.45) is 0 Å². The Bertz CT molecular complexity index is 629. The smallest absolute Gasteiger partial charge is 0.175 e. The summed E-state index contributed by atoms with van der Waals surface area (Å²) in [6.45, 7) is 2.12. The second-order valence-electron chi connectivity index (χ2n) is 4.26. The molecule has 2 N–H and O–H groups in total. The van der Waals surface area contributed by atoms with Gasteiger partial charge in [0.05, 0.1) is 10.0 Å². The standard InChI is InChI=1S/C15H14Cl2N2S/c1-2-10-4-3-5-11(8-10)18-15(20)19-12-6-7-13(16)14(17)9-12/h3-9H,2H2,1H3,(H2,18,19,20). The predicted octanol–water partition coefficient (Wildman–Crippen LogP) is 5.36. The molecule has 2 rings (SSSR count). The molecule has 20 heavy (non-hydrogen) atoms. The lowest BCUT2D eigenvalue weighted by Gasteiger charge is -2.11. The summed E-state index contributed by atoms with van der Waals surface area (Å²) in [7, 11) is 0. The van der Waals surface area contributed by atoms with Gasteiger partial charge in [-0.15, -0.1) is 0 Å². The lowest BCUT2D eigenvalue weighted by molar-refractivity contribution is 1.14. The molecule has 0 fully saturated rings. The first-order valence-electron chi connectivity index (χ1n) is 6.20. The molecular weight excluding hydrogens is 311 g/mol. The molecule has 0 aromatic heterocycles. The summed E-state index contributed by atoms with van der Waals surface area (Å²) < 4.78 is 0. The Morgan fingerprint density at radius 1 is 1.00 bits per heavy atom. The molecule has 0 spiro atoms. The first-order valence-corrected chi connectivity index (χ1v) is 7.37. The van der Waals surface area contributed by atoms with Gasteiger partial charge in [-0.05, 0) is 54.5 Å². The highest BCUT2D eigenvalue weighted by Crippen LogP contribution is 2.25. The topological polar surface area (TPSA) is 24.1 Å². The highest BCUT2D eigenvalue weighted by Gasteiger charge is 2.02. The molecular formula is C15H14Cl2N2S. The Kier molecular flexibility index (Phi) is 5.24. The monoisotopic (exact) mass is 324 g/mol. The zero-order valence-corrected chi connectivity index (χ0v) is 13.2. The van der Waals surface area contributed by atoms with Crippen LogP contribution in [0.2, 0.25) is 10.0 Å². The fourth-order valence-electron chi connectivity index (χ4n) is 1.74. The molecule has 0 amide bonds. The molecule has 0 atom stereocenters. The number of nitrogens with one attached hydrogen (secondary N) is 2. The Labute approximate surface area is 134 Å². The van der Waals surface area contributed by atoms with Crippen LogP contribution in [0.15, 0.2) is 42.5 Å². The average Bonchev–Trinajstić information content (AvgIpc) is 2.43. The maximum atomic E-state index is 5.96. The van der Waals surface area contributed by atoms with Crippen LogP contribution in [0.5, 0.6) is 0 Å². The molecule has 0 unspecified atom stereocenters. The Balaban J connectivity index is 2.03. The van der Waals surface area contributed by atoms with Gasteiger partial charge in [0.15, 0.2) is 5.11 Å². The van der Waals surface area contributed by atoms with Crippen molar-refractivity contribution in [3.8, 4) is 0 Å². The summed E-state index contributed by atoms with van der Waals surface area (Å²) >= 11 is 17.1. The quantitative estimate of drug-likeness (QED) is 0.742. The third kappa shape index (κ3) is 4.10. The minimum absolute atomic E-state index is 0.493. The van der Waals surface area contributed by atoms with Gasteiger partial charge in [-0.1, -0.05) is 42.3 Å². The second kappa shape index (κ2) is 6.93. The molecule has 2 nitrogen and oxygen atoms in total. The minimum atomic E-state index is 0.493. The van der Waals surface area contributed by atoms with Gasteiger partial charge in [0, 0.05) is 11.4 Å². The van der Waals surface area contributed by atoms with Gasteiger partial charge in [-0.3, -0.25) is 0 Å². The van der Waals surface area contributed by atoms with E-state index in [1.54, 1.807) is 12.1 Å². The molecule has 0 bridgehead atoms. The summed E-state index contributed by atoms with van der Waals surface area (Å²) in [4.78, 5) is 0. The summed E-state index contributed by atoms with van der Waals surface area (Å²) in [5.74, 6) is 0. The molecule has 2 aromatic rings. The van der Waals surface area contributed by atoms with Gasteiger partial charge in [-0.25, -0.2) is 0 Å². The molecule has 0 aliphatic heterocycles. The van der Waals surface area contributed by atoms with E-state index in [1.165, 1.54) is 5.56 Å². The van der Waals surface area contributed by atoms with E-state index in [4.69, 9.17) is 35.4 Å². The van der Waals surface area contributed by atoms with Gasteiger partial charge < -0.3 is 10.6 Å². The number of benzene rings is 2. The van der Waals surface area contributed by atoms with Crippen molar-refractivity contribution >= 4 is 51.9 Å². The van der Waals surface area contributed by atoms with E-state index in [9.17, 15) is 0 Å². The van der Waals surface area contributed by atoms with Crippen molar-refractivity contribution in [2.75, 3.05) is 10.6 Å². The number of hydrogen-bond acceptors (Lipinski definition) is 1. The maximum Gasteiger partial charge on any atom is 0.175 e. The van der Waals surface area contributed by atoms with Crippen molar-refractivity contribution in [2.45, 2.75) is 13.3 Å². The van der Waals surface area contributed by atoms with Crippen LogP contribution >= 0.6 is 35.4 Å². The zero-order valence-electron chi connectivity index (χ0n) is 10.9. The molecule has 5 heteroatoms. The largest absolute Gasteiger partial charge is 0.332 e. The van der Waals surface area contributed by atoms with E-state index in [1.807, 2.05) is 18.2 Å². The molecule has 0 aliphatic rings. The van der Waals surface area contributed by atoms with E-state index in [-0.39, 0.29) is 0 Å². The van der Waals surface area contributed by atoms with Crippen LogP contribution in [0.3, 0.4) is 0 Å². The second-order valence-corrected chi connectivity index (χ2v) is 5.48. The summed E-state index contributed by atoms with van der Waals surface area (Å²) in [6, 6.07) is 13.4. The fourth-order valence-corrected chi connectivity index (χ4v) is 2.27. The van der Waals surface area contributed by atoms with Gasteiger partial charge in [0.25, 0.3) is 0 Å². The predicted molar refractivity (Wildman–Crippen MR) is 92.1 cm³/mol. The van der Waals surface area contributed by atoms with Gasteiger partial charge >= 0.3 is 0 Å². The molecule has 104 valence electrons. The zero-order chi connectivity index (χ0) is 14.5. The first kappa shape index (κ1) is 15.1. The number of anilines is 2. The lowest BCUT2D eigenvalue weighted by Crippen LogP contribution is -2.19. The van der Waals surface area contributed by atoms with E-state index in [0.717, 1.165) is 17.8 Å². The fraction of sp³-hybridized carbons (Fsp3) is 0.133. The molecule has 0 heterocycles. The van der Waals surface area contributed by atoms with E-state index in [2.05, 4.69) is 29.7 Å². The average molecular weight is 325 g/mol. The summed E-state index contributed by atoms with van der Waals surface area (Å²) in [5, 5.41) is 7.74. The van der Waals surface area contributed by atoms with Crippen molar-refractivity contribution in [3.05, 3.63) is 58.1 Å². The first-order chi connectivity index (χ1) is 9.58. The SMILES string of the molecule is CCc1cccc(NC(=S)Nc2ccc(Cl)c(Cl)c2)c1. The highest BCUT2D eigenvalue weighted by atomic mass is 35.5. The normalized spacial score (nSPS) is 10.2. The Morgan fingerprint density at radius 2 is 1.70 bits per heavy atom. The van der Waals surface area contributed by atoms with Crippen molar-refractivity contribution in [3.63, 3.8) is 0 Å². The van der Waals surface area contributed by atoms with Gasteiger partial charge in [0.1, 0.15) is 0 Å². The van der Waals surface area contributed by atoms with Crippen LogP contribution in [0, 0.1) is 0 Å². The summed E-state index contributed by atoms with van der Waals surface area (Å²) in [5.41, 5.74) is 3.01. The maximum absolute atomic E-state index is 5.96. The highest BCUT2D eigenvalue weighted by molar-refractivity contribution is 7.80. The van der Waals surface area contributed by atoms with Crippen molar-refractivity contribution < 1.29 is 0 Å². The van der Waals surface area contributed by atoms with Crippen LogP contribution in [0.25, 0.3) is 0 Å². The van der Waals surface area contributed by atoms with Gasteiger partial charge in [0.2, 0.25) is 0 Å². The van der Waals surface area contributed by atoms with Crippen LogP contribution in [0.1, 0.15) is 12.5 Å². The number of hydrogen-bond donors (Lipinski definition) is 2. The van der Waals surface area contributed by atoms with E-state index in [0.29, 0.717) is 15.2 Å². The molecule has 0 saturated heterocycles. The van der Waals surface area contributed by atoms with E-state index < -0.39 is 0 Å². The molecule has 2 aromatic carbocycles. The number of halogens is 2. The van der Waals surface area contributed by atoms with Crippen molar-refractivity contribution in [1.29, 1.82) is 0 Å².